The van der Waals surface area contributed by atoms with Crippen LogP contribution in [0.1, 0.15) is 39.2 Å². The molecule has 0 aliphatic carbocycles. The third-order valence-corrected chi connectivity index (χ3v) is 4.19. The SMILES string of the molecule is CC(NC(=O)c1cc[n+]([O-])cc1)c1ccc(NC(=O)c2ccc(F)cc2)cc1. The first-order chi connectivity index (χ1) is 13.4. The molecule has 2 amide bonds. The number of amides is 2. The maximum atomic E-state index is 12.9. The smallest absolute Gasteiger partial charge is 0.255 e. The van der Waals surface area contributed by atoms with Crippen LogP contribution >= 0.6 is 0 Å². The molecule has 1 unspecified atom stereocenters. The summed E-state index contributed by atoms with van der Waals surface area (Å²) in [5, 5.41) is 16.6. The van der Waals surface area contributed by atoms with Gasteiger partial charge >= 0.3 is 0 Å². The number of pyridine rings is 1. The highest BCUT2D eigenvalue weighted by Gasteiger charge is 2.13. The van der Waals surface area contributed by atoms with Gasteiger partial charge in [-0.25, -0.2) is 4.39 Å². The summed E-state index contributed by atoms with van der Waals surface area (Å²) in [4.78, 5) is 24.4. The normalized spacial score (nSPS) is 11.5. The third-order valence-electron chi connectivity index (χ3n) is 4.19. The van der Waals surface area contributed by atoms with E-state index in [-0.39, 0.29) is 17.9 Å². The number of carbonyl (C=O) groups excluding carboxylic acids is 2. The average Bonchev–Trinajstić information content (AvgIpc) is 2.69. The van der Waals surface area contributed by atoms with Crippen molar-refractivity contribution in [3.8, 4) is 0 Å². The van der Waals surface area contributed by atoms with Gasteiger partial charge in [-0.3, -0.25) is 9.59 Å². The van der Waals surface area contributed by atoms with Crippen LogP contribution in [0, 0.1) is 11.0 Å². The summed E-state index contributed by atoms with van der Waals surface area (Å²) >= 11 is 0. The Kier molecular flexibility index (Phi) is 5.64. The van der Waals surface area contributed by atoms with Crippen molar-refractivity contribution in [1.82, 2.24) is 5.32 Å². The molecule has 0 fully saturated rings. The summed E-state index contributed by atoms with van der Waals surface area (Å²) < 4.78 is 13.5. The Bertz CT molecular complexity index is 971. The lowest BCUT2D eigenvalue weighted by molar-refractivity contribution is -0.605. The van der Waals surface area contributed by atoms with Crippen LogP contribution in [-0.4, -0.2) is 11.8 Å². The molecule has 0 saturated carbocycles. The molecule has 142 valence electrons. The van der Waals surface area contributed by atoms with Gasteiger partial charge in [-0.15, -0.1) is 0 Å². The van der Waals surface area contributed by atoms with Gasteiger partial charge < -0.3 is 15.8 Å². The summed E-state index contributed by atoms with van der Waals surface area (Å²) in [6.07, 6.45) is 2.52. The average molecular weight is 379 g/mol. The van der Waals surface area contributed by atoms with E-state index in [0.717, 1.165) is 5.56 Å². The van der Waals surface area contributed by atoms with Crippen molar-refractivity contribution in [2.75, 3.05) is 5.32 Å². The number of anilines is 1. The van der Waals surface area contributed by atoms with Crippen LogP contribution in [0.25, 0.3) is 0 Å². The van der Waals surface area contributed by atoms with Crippen LogP contribution in [0.3, 0.4) is 0 Å². The maximum absolute atomic E-state index is 12.9. The molecule has 0 saturated heterocycles. The van der Waals surface area contributed by atoms with Gasteiger partial charge in [0.15, 0.2) is 12.4 Å². The highest BCUT2D eigenvalue weighted by Crippen LogP contribution is 2.17. The van der Waals surface area contributed by atoms with Gasteiger partial charge in [0.2, 0.25) is 0 Å². The molecule has 6 nitrogen and oxygen atoms in total. The Hall–Kier alpha value is -3.74. The van der Waals surface area contributed by atoms with Crippen molar-refractivity contribution >= 4 is 17.5 Å². The van der Waals surface area contributed by atoms with Crippen molar-refractivity contribution < 1.29 is 18.7 Å². The van der Waals surface area contributed by atoms with Crippen molar-refractivity contribution in [2.24, 2.45) is 0 Å². The van der Waals surface area contributed by atoms with Crippen molar-refractivity contribution in [1.29, 1.82) is 0 Å². The summed E-state index contributed by atoms with van der Waals surface area (Å²) in [6.45, 7) is 1.83. The number of rotatable bonds is 5. The zero-order chi connectivity index (χ0) is 20.1. The zero-order valence-corrected chi connectivity index (χ0v) is 15.1. The van der Waals surface area contributed by atoms with Crippen LogP contribution in [-0.2, 0) is 0 Å². The number of hydrogen-bond donors (Lipinski definition) is 2. The Balaban J connectivity index is 1.61. The lowest BCUT2D eigenvalue weighted by atomic mass is 10.1. The minimum absolute atomic E-state index is 0.270. The van der Waals surface area contributed by atoms with Gasteiger partial charge in [-0.05, 0) is 48.9 Å². The van der Waals surface area contributed by atoms with Crippen LogP contribution in [0.4, 0.5) is 10.1 Å². The van der Waals surface area contributed by atoms with Crippen LogP contribution < -0.4 is 15.4 Å². The topological polar surface area (TPSA) is 85.1 Å². The molecule has 2 aromatic carbocycles. The lowest BCUT2D eigenvalue weighted by Gasteiger charge is -2.15. The van der Waals surface area contributed by atoms with Crippen LogP contribution in [0.5, 0.6) is 0 Å². The molecule has 2 N–H and O–H groups in total. The molecule has 0 aliphatic heterocycles. The van der Waals surface area contributed by atoms with E-state index < -0.39 is 5.82 Å². The highest BCUT2D eigenvalue weighted by atomic mass is 19.1. The first-order valence-electron chi connectivity index (χ1n) is 8.59. The maximum Gasteiger partial charge on any atom is 0.255 e. The molecule has 3 rings (SSSR count). The van der Waals surface area contributed by atoms with Gasteiger partial charge in [0.25, 0.3) is 11.8 Å². The van der Waals surface area contributed by atoms with E-state index in [4.69, 9.17) is 0 Å². The number of halogens is 1. The Morgan fingerprint density at radius 2 is 1.46 bits per heavy atom. The van der Waals surface area contributed by atoms with E-state index in [1.54, 1.807) is 24.3 Å². The predicted octanol–water partition coefficient (Wildman–Crippen LogP) is 3.20. The fourth-order valence-electron chi connectivity index (χ4n) is 2.59. The zero-order valence-electron chi connectivity index (χ0n) is 15.1. The van der Waals surface area contributed by atoms with E-state index in [2.05, 4.69) is 10.6 Å². The first kappa shape index (κ1) is 19.0. The minimum Gasteiger partial charge on any atom is -0.619 e. The number of benzene rings is 2. The molecule has 0 radical (unpaired) electrons. The standard InChI is InChI=1S/C21H18FN3O3/c1-14(23-20(26)17-10-12-25(28)13-11-17)15-4-8-19(9-5-15)24-21(27)16-2-6-18(22)7-3-16/h2-14H,1H3,(H,23,26)(H,24,27). The predicted molar refractivity (Wildman–Crippen MR) is 102 cm³/mol. The second-order valence-corrected chi connectivity index (χ2v) is 6.22. The van der Waals surface area contributed by atoms with E-state index in [1.165, 1.54) is 48.8 Å². The van der Waals surface area contributed by atoms with E-state index in [9.17, 15) is 19.2 Å². The van der Waals surface area contributed by atoms with E-state index in [0.29, 0.717) is 21.5 Å². The fourth-order valence-corrected chi connectivity index (χ4v) is 2.59. The van der Waals surface area contributed by atoms with Crippen molar-refractivity contribution in [3.63, 3.8) is 0 Å². The second kappa shape index (κ2) is 8.30. The summed E-state index contributed by atoms with van der Waals surface area (Å²) in [5.41, 5.74) is 2.18. The summed E-state index contributed by atoms with van der Waals surface area (Å²) in [7, 11) is 0. The van der Waals surface area contributed by atoms with Gasteiger partial charge in [0.1, 0.15) is 5.82 Å². The molecule has 0 spiro atoms. The Morgan fingerprint density at radius 3 is 2.07 bits per heavy atom. The Labute approximate surface area is 161 Å². The number of carbonyl (C=O) groups is 2. The fraction of sp³-hybridized carbons (Fsp3) is 0.0952. The highest BCUT2D eigenvalue weighted by molar-refractivity contribution is 6.04. The van der Waals surface area contributed by atoms with Crippen molar-refractivity contribution in [2.45, 2.75) is 13.0 Å². The first-order valence-corrected chi connectivity index (χ1v) is 8.59. The van der Waals surface area contributed by atoms with E-state index in [1.807, 2.05) is 6.92 Å². The number of nitrogens with one attached hydrogen (secondary N) is 2. The summed E-state index contributed by atoms with van der Waals surface area (Å²) in [5.74, 6) is -1.03. The van der Waals surface area contributed by atoms with Gasteiger partial charge in [-0.2, -0.15) is 4.73 Å². The monoisotopic (exact) mass is 379 g/mol. The molecule has 28 heavy (non-hydrogen) atoms. The lowest BCUT2D eigenvalue weighted by Crippen LogP contribution is -2.29. The Morgan fingerprint density at radius 1 is 0.893 bits per heavy atom. The molecule has 1 atom stereocenters. The molecule has 0 aliphatic rings. The number of nitrogens with zero attached hydrogens (tertiary/aromatic N) is 1. The van der Waals surface area contributed by atoms with Gasteiger partial charge in [0, 0.05) is 23.4 Å². The minimum atomic E-state index is -0.403. The number of hydrogen-bond acceptors (Lipinski definition) is 3. The number of aromatic nitrogens is 1. The molecular formula is C21H18FN3O3. The molecule has 0 bridgehead atoms. The quantitative estimate of drug-likeness (QED) is 0.527. The van der Waals surface area contributed by atoms with Crippen LogP contribution in [0.15, 0.2) is 73.1 Å². The third kappa shape index (κ3) is 4.70. The van der Waals surface area contributed by atoms with Gasteiger partial charge in [0.05, 0.1) is 11.6 Å². The van der Waals surface area contributed by atoms with Crippen LogP contribution in [0.2, 0.25) is 0 Å². The van der Waals surface area contributed by atoms with E-state index >= 15 is 0 Å². The molecule has 3 aromatic rings. The molecule has 1 heterocycles. The molecule has 1 aromatic heterocycles. The van der Waals surface area contributed by atoms with Crippen molar-refractivity contribution in [3.05, 3.63) is 101 Å². The summed E-state index contributed by atoms with van der Waals surface area (Å²) in [6, 6.07) is 14.9. The molecule has 7 heteroatoms. The second-order valence-electron chi connectivity index (χ2n) is 6.22. The largest absolute Gasteiger partial charge is 0.619 e. The van der Waals surface area contributed by atoms with Gasteiger partial charge in [-0.1, -0.05) is 12.1 Å². The molecular weight excluding hydrogens is 361 g/mol.